The summed E-state index contributed by atoms with van der Waals surface area (Å²) in [7, 11) is 0. The number of carbonyl (C=O) groups is 2. The van der Waals surface area contributed by atoms with Crippen LogP contribution in [0, 0.1) is 6.92 Å². The highest BCUT2D eigenvalue weighted by Crippen LogP contribution is 2.17. The van der Waals surface area contributed by atoms with Crippen LogP contribution < -0.4 is 0 Å². The molecule has 0 radical (unpaired) electrons. The molecule has 0 saturated heterocycles. The molecule has 1 aromatic carbocycles. The van der Waals surface area contributed by atoms with Gasteiger partial charge in [0.15, 0.2) is 5.78 Å². The van der Waals surface area contributed by atoms with Gasteiger partial charge in [0.05, 0.1) is 13.0 Å². The third-order valence-electron chi connectivity index (χ3n) is 2.23. The molecule has 0 spiro atoms. The van der Waals surface area contributed by atoms with Gasteiger partial charge in [0.1, 0.15) is 0 Å². The maximum absolute atomic E-state index is 11.8. The molecule has 0 aromatic heterocycles. The van der Waals surface area contributed by atoms with Gasteiger partial charge in [-0.3, -0.25) is 9.59 Å². The Morgan fingerprint density at radius 1 is 1.24 bits per heavy atom. The highest BCUT2D eigenvalue weighted by Gasteiger charge is 2.10. The van der Waals surface area contributed by atoms with Gasteiger partial charge >= 0.3 is 5.97 Å². The minimum Gasteiger partial charge on any atom is -0.466 e. The first kappa shape index (κ1) is 13.9. The van der Waals surface area contributed by atoms with E-state index in [1.165, 1.54) is 0 Å². The lowest BCUT2D eigenvalue weighted by Crippen LogP contribution is -2.08. The van der Waals surface area contributed by atoms with Gasteiger partial charge in [-0.15, -0.1) is 0 Å². The monoisotopic (exact) mass is 298 g/mol. The Hall–Kier alpha value is -1.16. The van der Waals surface area contributed by atoms with Crippen molar-refractivity contribution in [1.82, 2.24) is 0 Å². The molecule has 0 heterocycles. The van der Waals surface area contributed by atoms with Gasteiger partial charge in [-0.2, -0.15) is 0 Å². The van der Waals surface area contributed by atoms with Gasteiger partial charge in [-0.25, -0.2) is 0 Å². The number of benzene rings is 1. The highest BCUT2D eigenvalue weighted by molar-refractivity contribution is 9.10. The van der Waals surface area contributed by atoms with E-state index in [-0.39, 0.29) is 24.6 Å². The number of rotatable bonds is 5. The minimum absolute atomic E-state index is 0.0394. The van der Waals surface area contributed by atoms with Gasteiger partial charge in [0.2, 0.25) is 0 Å². The molecule has 0 aliphatic heterocycles. The van der Waals surface area contributed by atoms with Crippen molar-refractivity contribution in [2.45, 2.75) is 26.7 Å². The SMILES string of the molecule is CCOC(=O)CCC(=O)c1cc(C)cc(Br)c1. The molecule has 0 N–H and O–H groups in total. The topological polar surface area (TPSA) is 43.4 Å². The number of ketones is 1. The molecule has 4 heteroatoms. The van der Waals surface area contributed by atoms with Crippen molar-refractivity contribution in [2.24, 2.45) is 0 Å². The molecule has 0 atom stereocenters. The number of Topliss-reactive ketones (excluding diaryl/α,β-unsaturated/α-hetero) is 1. The quantitative estimate of drug-likeness (QED) is 0.619. The van der Waals surface area contributed by atoms with Gasteiger partial charge in [0, 0.05) is 16.5 Å². The summed E-state index contributed by atoms with van der Waals surface area (Å²) < 4.78 is 5.65. The van der Waals surface area contributed by atoms with Crippen molar-refractivity contribution < 1.29 is 14.3 Å². The van der Waals surface area contributed by atoms with Crippen LogP contribution in [0.2, 0.25) is 0 Å². The van der Waals surface area contributed by atoms with Crippen LogP contribution in [0.4, 0.5) is 0 Å². The summed E-state index contributed by atoms with van der Waals surface area (Å²) in [6, 6.07) is 5.51. The molecule has 0 fully saturated rings. The summed E-state index contributed by atoms with van der Waals surface area (Å²) in [6.45, 7) is 4.02. The summed E-state index contributed by atoms with van der Waals surface area (Å²) in [4.78, 5) is 23.0. The predicted octanol–water partition coefficient (Wildman–Crippen LogP) is 3.28. The van der Waals surface area contributed by atoms with E-state index >= 15 is 0 Å². The normalized spacial score (nSPS) is 10.1. The Morgan fingerprint density at radius 3 is 2.53 bits per heavy atom. The second-order valence-electron chi connectivity index (χ2n) is 3.75. The molecule has 0 amide bonds. The van der Waals surface area contributed by atoms with Crippen molar-refractivity contribution in [3.63, 3.8) is 0 Å². The fraction of sp³-hybridized carbons (Fsp3) is 0.385. The third kappa shape index (κ3) is 4.69. The molecule has 0 aliphatic rings. The maximum atomic E-state index is 11.8. The van der Waals surface area contributed by atoms with Crippen LogP contribution in [0.1, 0.15) is 35.7 Å². The number of carbonyl (C=O) groups excluding carboxylic acids is 2. The fourth-order valence-electron chi connectivity index (χ4n) is 1.49. The van der Waals surface area contributed by atoms with Gasteiger partial charge in [0.25, 0.3) is 0 Å². The maximum Gasteiger partial charge on any atom is 0.306 e. The minimum atomic E-state index is -0.326. The molecular weight excluding hydrogens is 284 g/mol. The van der Waals surface area contributed by atoms with Crippen molar-refractivity contribution in [3.8, 4) is 0 Å². The lowest BCUT2D eigenvalue weighted by molar-refractivity contribution is -0.143. The molecule has 1 rings (SSSR count). The number of esters is 1. The molecule has 0 aliphatic carbocycles. The van der Waals surface area contributed by atoms with Crippen LogP contribution in [-0.2, 0) is 9.53 Å². The zero-order chi connectivity index (χ0) is 12.8. The van der Waals surface area contributed by atoms with E-state index in [2.05, 4.69) is 15.9 Å². The van der Waals surface area contributed by atoms with Crippen molar-refractivity contribution >= 4 is 27.7 Å². The third-order valence-corrected chi connectivity index (χ3v) is 2.68. The number of hydrogen-bond acceptors (Lipinski definition) is 3. The van der Waals surface area contributed by atoms with E-state index < -0.39 is 0 Å². The molecule has 3 nitrogen and oxygen atoms in total. The molecule has 0 bridgehead atoms. The number of hydrogen-bond donors (Lipinski definition) is 0. The van der Waals surface area contributed by atoms with E-state index in [0.717, 1.165) is 10.0 Å². The molecule has 1 aromatic rings. The van der Waals surface area contributed by atoms with Crippen LogP contribution in [0.3, 0.4) is 0 Å². The summed E-state index contributed by atoms with van der Waals surface area (Å²) in [5.74, 6) is -0.366. The average Bonchev–Trinajstić information content (AvgIpc) is 2.25. The predicted molar refractivity (Wildman–Crippen MR) is 69.1 cm³/mol. The number of aryl methyl sites for hydroxylation is 1. The van der Waals surface area contributed by atoms with Gasteiger partial charge in [-0.05, 0) is 37.6 Å². The molecule has 92 valence electrons. The standard InChI is InChI=1S/C13H15BrO3/c1-3-17-13(16)5-4-12(15)10-6-9(2)7-11(14)8-10/h6-8H,3-5H2,1-2H3. The van der Waals surface area contributed by atoms with Crippen LogP contribution in [-0.4, -0.2) is 18.4 Å². The van der Waals surface area contributed by atoms with Crippen molar-refractivity contribution in [3.05, 3.63) is 33.8 Å². The molecule has 0 unspecified atom stereocenters. The smallest absolute Gasteiger partial charge is 0.306 e. The van der Waals surface area contributed by atoms with E-state index in [0.29, 0.717) is 12.2 Å². The first-order valence-electron chi connectivity index (χ1n) is 5.49. The van der Waals surface area contributed by atoms with Crippen LogP contribution >= 0.6 is 15.9 Å². The van der Waals surface area contributed by atoms with Gasteiger partial charge < -0.3 is 4.74 Å². The van der Waals surface area contributed by atoms with Crippen LogP contribution in [0.5, 0.6) is 0 Å². The highest BCUT2D eigenvalue weighted by atomic mass is 79.9. The van der Waals surface area contributed by atoms with Gasteiger partial charge in [-0.1, -0.05) is 15.9 Å². The van der Waals surface area contributed by atoms with E-state index in [4.69, 9.17) is 4.74 Å². The van der Waals surface area contributed by atoms with Crippen molar-refractivity contribution in [2.75, 3.05) is 6.61 Å². The lowest BCUT2D eigenvalue weighted by atomic mass is 10.0. The molecular formula is C13H15BrO3. The summed E-state index contributed by atoms with van der Waals surface area (Å²) >= 11 is 3.34. The Morgan fingerprint density at radius 2 is 1.94 bits per heavy atom. The van der Waals surface area contributed by atoms with E-state index in [1.807, 2.05) is 19.1 Å². The second kappa shape index (κ2) is 6.55. The Bertz CT molecular complexity index is 406. The van der Waals surface area contributed by atoms with Crippen LogP contribution in [0.15, 0.2) is 22.7 Å². The van der Waals surface area contributed by atoms with Crippen LogP contribution in [0.25, 0.3) is 0 Å². The lowest BCUT2D eigenvalue weighted by Gasteiger charge is -2.04. The first-order valence-corrected chi connectivity index (χ1v) is 6.28. The number of halogens is 1. The van der Waals surface area contributed by atoms with E-state index in [1.54, 1.807) is 13.0 Å². The Kier molecular flexibility index (Phi) is 5.35. The Balaban J connectivity index is 2.61. The molecule has 17 heavy (non-hydrogen) atoms. The fourth-order valence-corrected chi connectivity index (χ4v) is 2.10. The largest absolute Gasteiger partial charge is 0.466 e. The first-order chi connectivity index (χ1) is 8.02. The van der Waals surface area contributed by atoms with E-state index in [9.17, 15) is 9.59 Å². The average molecular weight is 299 g/mol. The summed E-state index contributed by atoms with van der Waals surface area (Å²) in [5.41, 5.74) is 1.64. The number of ether oxygens (including phenoxy) is 1. The van der Waals surface area contributed by atoms with Crippen molar-refractivity contribution in [1.29, 1.82) is 0 Å². The zero-order valence-electron chi connectivity index (χ0n) is 9.96. The second-order valence-corrected chi connectivity index (χ2v) is 4.66. The summed E-state index contributed by atoms with van der Waals surface area (Å²) in [5, 5.41) is 0. The molecule has 0 saturated carbocycles. The summed E-state index contributed by atoms with van der Waals surface area (Å²) in [6.07, 6.45) is 0.326. The Labute approximate surface area is 109 Å². The zero-order valence-corrected chi connectivity index (χ0v) is 11.5.